The van der Waals surface area contributed by atoms with Gasteiger partial charge in [-0.3, -0.25) is 0 Å². The number of hydrogen-bond donors (Lipinski definition) is 4. The molecular formula is C48H66ClN15O4S2. The molecule has 6 aromatic rings. The van der Waals surface area contributed by atoms with Gasteiger partial charge in [0.1, 0.15) is 53.4 Å². The van der Waals surface area contributed by atoms with E-state index in [1.165, 1.54) is 25.9 Å². The number of aromatic nitrogens is 9. The quantitative estimate of drug-likeness (QED) is 0.142. The molecule has 70 heavy (non-hydrogen) atoms. The van der Waals surface area contributed by atoms with Crippen molar-refractivity contribution in [1.82, 2.24) is 58.8 Å². The van der Waals surface area contributed by atoms with Crippen LogP contribution in [0.1, 0.15) is 64.2 Å². The third-order valence-electron chi connectivity index (χ3n) is 17.3. The highest BCUT2D eigenvalue weighted by molar-refractivity contribution is 7.90. The van der Waals surface area contributed by atoms with E-state index >= 15 is 0 Å². The van der Waals surface area contributed by atoms with E-state index in [0.29, 0.717) is 68.0 Å². The summed E-state index contributed by atoms with van der Waals surface area (Å²) in [6, 6.07) is 7.54. The molecule has 14 rings (SSSR count). The molecule has 9 atom stereocenters. The molecule has 8 aliphatic rings. The van der Waals surface area contributed by atoms with Crippen molar-refractivity contribution in [3.05, 3.63) is 55.8 Å². The largest absolute Gasteiger partial charge is 0.356 e. The Hall–Kier alpha value is -4.67. The standard InChI is InChI=1S/2C17H23N5O2S.C14H19N5.ClH/c2*1-21(17-15-4-5-18-16(15)19-10-20-17)13-6-11-8-22(9-12(11)7-13)25(23,24)14-2-3-14;1-19(11-4-9-6-15-7-10(9)5-11)14-12-2-3-16-13(12)17-8-18-14;/h2*4-5,10-14H,2-3,6-9H2,1H3,(H,18,19,20);2-3,8-11,15H,4-7H2,1H3,(H,16,17,18);1H/t2*11-,12+,13?;9-,10+,11?;. The Bertz CT molecular complexity index is 2860. The number of halogens is 1. The predicted molar refractivity (Wildman–Crippen MR) is 274 cm³/mol. The van der Waals surface area contributed by atoms with Crippen LogP contribution < -0.4 is 20.0 Å². The van der Waals surface area contributed by atoms with E-state index in [4.69, 9.17) is 0 Å². The maximum absolute atomic E-state index is 12.5. The molecular weight excluding hydrogens is 950 g/mol. The van der Waals surface area contributed by atoms with Crippen molar-refractivity contribution in [2.45, 2.75) is 92.8 Å². The van der Waals surface area contributed by atoms with Crippen LogP contribution >= 0.6 is 12.4 Å². The first kappa shape index (κ1) is 47.6. The molecule has 0 aromatic carbocycles. The normalized spacial score (nSPS) is 29.6. The summed E-state index contributed by atoms with van der Waals surface area (Å²) >= 11 is 0. The van der Waals surface area contributed by atoms with E-state index in [1.807, 2.05) is 30.7 Å². The average molecular weight is 1020 g/mol. The first-order valence-corrected chi connectivity index (χ1v) is 28.1. The lowest BCUT2D eigenvalue weighted by Crippen LogP contribution is -2.35. The fraction of sp³-hybridized carbons (Fsp3) is 0.625. The molecule has 5 saturated carbocycles. The fourth-order valence-corrected chi connectivity index (χ4v) is 16.9. The second-order valence-corrected chi connectivity index (χ2v) is 25.8. The lowest BCUT2D eigenvalue weighted by molar-refractivity contribution is 0.431. The Labute approximate surface area is 415 Å². The number of anilines is 3. The van der Waals surface area contributed by atoms with Gasteiger partial charge in [0.2, 0.25) is 20.0 Å². The molecule has 19 nitrogen and oxygen atoms in total. The van der Waals surface area contributed by atoms with Gasteiger partial charge in [-0.25, -0.2) is 55.3 Å². The molecule has 376 valence electrons. The highest BCUT2D eigenvalue weighted by Gasteiger charge is 2.51. The average Bonchev–Trinajstić information content (AvgIpc) is 3.83. The minimum Gasteiger partial charge on any atom is -0.356 e. The molecule has 3 unspecified atom stereocenters. The predicted octanol–water partition coefficient (Wildman–Crippen LogP) is 5.01. The van der Waals surface area contributed by atoms with Crippen LogP contribution in [0, 0.1) is 35.5 Å². The summed E-state index contributed by atoms with van der Waals surface area (Å²) in [5, 5.41) is 6.53. The zero-order valence-electron chi connectivity index (χ0n) is 40.1. The number of sulfonamides is 2. The fourth-order valence-electron chi connectivity index (χ4n) is 13.0. The van der Waals surface area contributed by atoms with Gasteiger partial charge in [0, 0.05) is 84.0 Å². The number of hydrogen-bond acceptors (Lipinski definition) is 14. The molecule has 5 aliphatic carbocycles. The molecule has 0 spiro atoms. The number of nitrogens with one attached hydrogen (secondary N) is 4. The summed E-state index contributed by atoms with van der Waals surface area (Å²) < 4.78 is 53.4. The van der Waals surface area contributed by atoms with Gasteiger partial charge in [0.25, 0.3) is 0 Å². The SMILES string of the molecule is CN(c1ncnc2[nH]ccc12)C1C[C@@H]2CN(S(=O)(=O)C3CC3)C[C@@H]2C1.CN(c1ncnc2[nH]ccc12)C1C[C@@H]2CN(S(=O)(=O)C3CC3)C[C@@H]2C1.CN(c1ncnc2[nH]ccc12)C1C[C@H]2CNC[C@H]2C1.Cl. The maximum atomic E-state index is 12.5. The Morgan fingerprint density at radius 2 is 0.771 bits per heavy atom. The number of rotatable bonds is 10. The Kier molecular flexibility index (Phi) is 12.8. The van der Waals surface area contributed by atoms with Gasteiger partial charge in [-0.05, 0) is 131 Å². The monoisotopic (exact) mass is 1020 g/mol. The van der Waals surface area contributed by atoms with Gasteiger partial charge in [-0.15, -0.1) is 12.4 Å². The van der Waals surface area contributed by atoms with Crippen molar-refractivity contribution in [2.24, 2.45) is 35.5 Å². The molecule has 3 aliphatic heterocycles. The molecule has 4 N–H and O–H groups in total. The molecule has 6 aromatic heterocycles. The Morgan fingerprint density at radius 1 is 0.471 bits per heavy atom. The summed E-state index contributed by atoms with van der Waals surface area (Å²) in [6.45, 7) is 5.21. The molecule has 22 heteroatoms. The van der Waals surface area contributed by atoms with E-state index in [2.05, 4.69) is 92.1 Å². The number of aromatic amines is 3. The van der Waals surface area contributed by atoms with E-state index in [9.17, 15) is 16.8 Å². The van der Waals surface area contributed by atoms with Crippen LogP contribution in [0.3, 0.4) is 0 Å². The van der Waals surface area contributed by atoms with E-state index in [0.717, 1.165) is 114 Å². The summed E-state index contributed by atoms with van der Waals surface area (Å²) in [6.07, 6.45) is 20.7. The molecule has 3 saturated heterocycles. The molecule has 0 bridgehead atoms. The lowest BCUT2D eigenvalue weighted by Gasteiger charge is -2.27. The van der Waals surface area contributed by atoms with E-state index in [1.54, 1.807) is 27.6 Å². The Morgan fingerprint density at radius 3 is 1.07 bits per heavy atom. The summed E-state index contributed by atoms with van der Waals surface area (Å²) in [5.41, 5.74) is 2.64. The maximum Gasteiger partial charge on any atom is 0.216 e. The Balaban J connectivity index is 0.000000115. The zero-order chi connectivity index (χ0) is 47.2. The van der Waals surface area contributed by atoms with E-state index in [-0.39, 0.29) is 22.9 Å². The molecule has 8 fully saturated rings. The van der Waals surface area contributed by atoms with Crippen molar-refractivity contribution >= 4 is 83.0 Å². The smallest absolute Gasteiger partial charge is 0.216 e. The summed E-state index contributed by atoms with van der Waals surface area (Å²) in [4.78, 5) is 42.6. The number of H-pyrrole nitrogens is 3. The summed E-state index contributed by atoms with van der Waals surface area (Å²) in [5.74, 6) is 6.59. The van der Waals surface area contributed by atoms with Crippen molar-refractivity contribution in [1.29, 1.82) is 0 Å². The van der Waals surface area contributed by atoms with Gasteiger partial charge in [0.05, 0.1) is 26.7 Å². The minimum absolute atomic E-state index is 0. The highest BCUT2D eigenvalue weighted by atomic mass is 35.5. The van der Waals surface area contributed by atoms with Crippen LogP contribution in [0.4, 0.5) is 17.5 Å². The van der Waals surface area contributed by atoms with Crippen molar-refractivity contribution in [3.63, 3.8) is 0 Å². The van der Waals surface area contributed by atoms with Crippen LogP contribution in [0.15, 0.2) is 55.8 Å². The van der Waals surface area contributed by atoms with Gasteiger partial charge < -0.3 is 35.0 Å². The van der Waals surface area contributed by atoms with Crippen molar-refractivity contribution in [2.75, 3.05) is 75.1 Å². The van der Waals surface area contributed by atoms with Crippen LogP contribution in [0.2, 0.25) is 0 Å². The van der Waals surface area contributed by atoms with Crippen LogP contribution in [-0.4, -0.2) is 159 Å². The molecule has 0 radical (unpaired) electrons. The number of nitrogens with zero attached hydrogens (tertiary/aromatic N) is 11. The van der Waals surface area contributed by atoms with Gasteiger partial charge >= 0.3 is 0 Å². The third-order valence-corrected chi connectivity index (χ3v) is 21.9. The molecule has 9 heterocycles. The lowest BCUT2D eigenvalue weighted by atomic mass is 10.0. The summed E-state index contributed by atoms with van der Waals surface area (Å²) in [7, 11) is 0.320. The van der Waals surface area contributed by atoms with E-state index < -0.39 is 20.0 Å². The van der Waals surface area contributed by atoms with Gasteiger partial charge in [0.15, 0.2) is 0 Å². The van der Waals surface area contributed by atoms with Crippen LogP contribution in [0.5, 0.6) is 0 Å². The first-order valence-electron chi connectivity index (χ1n) is 25.1. The van der Waals surface area contributed by atoms with Crippen molar-refractivity contribution in [3.8, 4) is 0 Å². The second kappa shape index (κ2) is 18.7. The molecule has 0 amide bonds. The topological polar surface area (TPSA) is 221 Å². The first-order chi connectivity index (χ1) is 33.4. The van der Waals surface area contributed by atoms with Crippen LogP contribution in [0.25, 0.3) is 33.1 Å². The van der Waals surface area contributed by atoms with Crippen molar-refractivity contribution < 1.29 is 16.8 Å². The second-order valence-electron chi connectivity index (χ2n) is 21.4. The third kappa shape index (κ3) is 8.79. The highest BCUT2D eigenvalue weighted by Crippen LogP contribution is 2.46. The van der Waals surface area contributed by atoms with Gasteiger partial charge in [-0.1, -0.05) is 0 Å². The van der Waals surface area contributed by atoms with Crippen LogP contribution in [-0.2, 0) is 20.0 Å². The van der Waals surface area contributed by atoms with Gasteiger partial charge in [-0.2, -0.15) is 0 Å². The number of fused-ring (bicyclic) bond motifs is 6. The zero-order valence-corrected chi connectivity index (χ0v) is 42.6. The minimum atomic E-state index is -3.02.